The standard InChI is InChI=1S/C15H22BrN/c1-3-12-5-4-6-13(10-12)17-15-9-11(2)7-8-14(15)16/h7-9,12-13,17H,3-6,10H2,1-2H3. The van der Waals surface area contributed by atoms with Gasteiger partial charge in [0.1, 0.15) is 0 Å². The van der Waals surface area contributed by atoms with Gasteiger partial charge in [0.15, 0.2) is 0 Å². The summed E-state index contributed by atoms with van der Waals surface area (Å²) in [5.74, 6) is 0.921. The van der Waals surface area contributed by atoms with Gasteiger partial charge in [0.05, 0.1) is 0 Å². The van der Waals surface area contributed by atoms with Gasteiger partial charge in [-0.3, -0.25) is 0 Å². The summed E-state index contributed by atoms with van der Waals surface area (Å²) in [6.45, 7) is 4.46. The van der Waals surface area contributed by atoms with Gasteiger partial charge in [0.2, 0.25) is 0 Å². The summed E-state index contributed by atoms with van der Waals surface area (Å²) in [6, 6.07) is 7.18. The molecule has 1 aromatic carbocycles. The first kappa shape index (κ1) is 12.9. The van der Waals surface area contributed by atoms with Gasteiger partial charge in [-0.2, -0.15) is 0 Å². The number of benzene rings is 1. The molecule has 1 aromatic rings. The molecule has 0 heterocycles. The van der Waals surface area contributed by atoms with Gasteiger partial charge < -0.3 is 5.32 Å². The number of rotatable bonds is 3. The maximum absolute atomic E-state index is 3.71. The fraction of sp³-hybridized carbons (Fsp3) is 0.600. The summed E-state index contributed by atoms with van der Waals surface area (Å²) in [6.07, 6.45) is 6.77. The molecule has 1 nitrogen and oxygen atoms in total. The molecule has 2 rings (SSSR count). The molecule has 1 N–H and O–H groups in total. The summed E-state index contributed by atoms with van der Waals surface area (Å²) in [7, 11) is 0. The second kappa shape index (κ2) is 5.90. The Morgan fingerprint density at radius 2 is 2.18 bits per heavy atom. The lowest BCUT2D eigenvalue weighted by Crippen LogP contribution is -2.27. The molecule has 2 unspecified atom stereocenters. The zero-order valence-electron chi connectivity index (χ0n) is 10.8. The van der Waals surface area contributed by atoms with Crippen LogP contribution in [0.25, 0.3) is 0 Å². The first-order valence-electron chi connectivity index (χ1n) is 6.71. The Morgan fingerprint density at radius 3 is 2.94 bits per heavy atom. The van der Waals surface area contributed by atoms with Crippen LogP contribution in [-0.4, -0.2) is 6.04 Å². The third-order valence-corrected chi connectivity index (χ3v) is 4.53. The van der Waals surface area contributed by atoms with Crippen molar-refractivity contribution in [1.29, 1.82) is 0 Å². The van der Waals surface area contributed by atoms with Crippen LogP contribution in [-0.2, 0) is 0 Å². The van der Waals surface area contributed by atoms with E-state index in [0.29, 0.717) is 6.04 Å². The zero-order chi connectivity index (χ0) is 12.3. The van der Waals surface area contributed by atoms with Gasteiger partial charge in [-0.1, -0.05) is 32.3 Å². The van der Waals surface area contributed by atoms with E-state index in [4.69, 9.17) is 0 Å². The molecule has 0 bridgehead atoms. The molecule has 1 saturated carbocycles. The van der Waals surface area contributed by atoms with E-state index in [0.717, 1.165) is 5.92 Å². The van der Waals surface area contributed by atoms with Crippen molar-refractivity contribution in [3.05, 3.63) is 28.2 Å². The Kier molecular flexibility index (Phi) is 4.49. The third-order valence-electron chi connectivity index (χ3n) is 3.84. The second-order valence-corrected chi connectivity index (χ2v) is 6.12. The number of aryl methyl sites for hydroxylation is 1. The monoisotopic (exact) mass is 295 g/mol. The minimum absolute atomic E-state index is 0.659. The van der Waals surface area contributed by atoms with E-state index in [1.54, 1.807) is 0 Å². The number of anilines is 1. The minimum atomic E-state index is 0.659. The number of hydrogen-bond acceptors (Lipinski definition) is 1. The second-order valence-electron chi connectivity index (χ2n) is 5.27. The molecule has 0 amide bonds. The van der Waals surface area contributed by atoms with Crippen LogP contribution in [0, 0.1) is 12.8 Å². The molecule has 2 atom stereocenters. The highest BCUT2D eigenvalue weighted by atomic mass is 79.9. The van der Waals surface area contributed by atoms with Crippen LogP contribution >= 0.6 is 15.9 Å². The van der Waals surface area contributed by atoms with E-state index in [-0.39, 0.29) is 0 Å². The number of nitrogens with one attached hydrogen (secondary N) is 1. The maximum Gasteiger partial charge on any atom is 0.0489 e. The predicted octanol–water partition coefficient (Wildman–Crippen LogP) is 5.14. The SMILES string of the molecule is CCC1CCCC(Nc2cc(C)ccc2Br)C1. The van der Waals surface area contributed by atoms with Crippen LogP contribution < -0.4 is 5.32 Å². The molecule has 0 aliphatic heterocycles. The molecule has 0 spiro atoms. The van der Waals surface area contributed by atoms with Crippen molar-refractivity contribution in [2.75, 3.05) is 5.32 Å². The molecule has 94 valence electrons. The number of hydrogen-bond donors (Lipinski definition) is 1. The average molecular weight is 296 g/mol. The molecular weight excluding hydrogens is 274 g/mol. The Morgan fingerprint density at radius 1 is 1.35 bits per heavy atom. The summed E-state index contributed by atoms with van der Waals surface area (Å²) >= 11 is 3.63. The van der Waals surface area contributed by atoms with Crippen LogP contribution in [0.3, 0.4) is 0 Å². The van der Waals surface area contributed by atoms with Crippen LogP contribution in [0.1, 0.15) is 44.6 Å². The summed E-state index contributed by atoms with van der Waals surface area (Å²) < 4.78 is 1.18. The van der Waals surface area contributed by atoms with E-state index in [2.05, 4.69) is 53.3 Å². The van der Waals surface area contributed by atoms with Crippen molar-refractivity contribution in [2.24, 2.45) is 5.92 Å². The number of halogens is 1. The van der Waals surface area contributed by atoms with Crippen LogP contribution in [0.15, 0.2) is 22.7 Å². The highest BCUT2D eigenvalue weighted by Gasteiger charge is 2.20. The minimum Gasteiger partial charge on any atom is -0.381 e. The first-order valence-corrected chi connectivity index (χ1v) is 7.51. The fourth-order valence-corrected chi connectivity index (χ4v) is 3.12. The summed E-state index contributed by atoms with van der Waals surface area (Å²) in [5.41, 5.74) is 2.57. The fourth-order valence-electron chi connectivity index (χ4n) is 2.76. The third kappa shape index (κ3) is 3.48. The molecular formula is C15H22BrN. The molecule has 0 saturated heterocycles. The van der Waals surface area contributed by atoms with Crippen molar-refractivity contribution in [1.82, 2.24) is 0 Å². The lowest BCUT2D eigenvalue weighted by Gasteiger charge is -2.30. The smallest absolute Gasteiger partial charge is 0.0489 e. The Bertz CT molecular complexity index is 375. The van der Waals surface area contributed by atoms with E-state index in [1.165, 1.54) is 47.8 Å². The van der Waals surface area contributed by atoms with E-state index in [9.17, 15) is 0 Å². The van der Waals surface area contributed by atoms with Crippen molar-refractivity contribution in [3.8, 4) is 0 Å². The van der Waals surface area contributed by atoms with E-state index >= 15 is 0 Å². The molecule has 0 radical (unpaired) electrons. The topological polar surface area (TPSA) is 12.0 Å². The van der Waals surface area contributed by atoms with Crippen LogP contribution in [0.5, 0.6) is 0 Å². The van der Waals surface area contributed by atoms with E-state index < -0.39 is 0 Å². The largest absolute Gasteiger partial charge is 0.381 e. The maximum atomic E-state index is 3.71. The Labute approximate surface area is 113 Å². The lowest BCUT2D eigenvalue weighted by atomic mass is 9.84. The molecule has 1 aliphatic carbocycles. The van der Waals surface area contributed by atoms with Crippen molar-refractivity contribution in [3.63, 3.8) is 0 Å². The first-order chi connectivity index (χ1) is 8.19. The molecule has 1 aliphatic rings. The van der Waals surface area contributed by atoms with Gasteiger partial charge in [0, 0.05) is 16.2 Å². The molecule has 2 heteroatoms. The van der Waals surface area contributed by atoms with Crippen molar-refractivity contribution in [2.45, 2.75) is 52.0 Å². The van der Waals surface area contributed by atoms with Crippen molar-refractivity contribution < 1.29 is 0 Å². The van der Waals surface area contributed by atoms with E-state index in [1.807, 2.05) is 0 Å². The normalized spacial score (nSPS) is 24.6. The Hall–Kier alpha value is -0.500. The zero-order valence-corrected chi connectivity index (χ0v) is 12.4. The predicted molar refractivity (Wildman–Crippen MR) is 78.5 cm³/mol. The highest BCUT2D eigenvalue weighted by Crippen LogP contribution is 2.31. The van der Waals surface area contributed by atoms with Gasteiger partial charge in [-0.05, 0) is 59.3 Å². The van der Waals surface area contributed by atoms with Gasteiger partial charge in [-0.25, -0.2) is 0 Å². The summed E-state index contributed by atoms with van der Waals surface area (Å²) in [4.78, 5) is 0. The van der Waals surface area contributed by atoms with Gasteiger partial charge in [-0.15, -0.1) is 0 Å². The molecule has 1 fully saturated rings. The Balaban J connectivity index is 2.02. The van der Waals surface area contributed by atoms with Gasteiger partial charge in [0.25, 0.3) is 0 Å². The lowest BCUT2D eigenvalue weighted by molar-refractivity contribution is 0.327. The van der Waals surface area contributed by atoms with Crippen LogP contribution in [0.2, 0.25) is 0 Å². The molecule has 17 heavy (non-hydrogen) atoms. The van der Waals surface area contributed by atoms with Crippen LogP contribution in [0.4, 0.5) is 5.69 Å². The van der Waals surface area contributed by atoms with Gasteiger partial charge >= 0.3 is 0 Å². The van der Waals surface area contributed by atoms with Crippen molar-refractivity contribution >= 4 is 21.6 Å². The molecule has 0 aromatic heterocycles. The summed E-state index contributed by atoms with van der Waals surface area (Å²) in [5, 5.41) is 3.71. The quantitative estimate of drug-likeness (QED) is 0.814. The highest BCUT2D eigenvalue weighted by molar-refractivity contribution is 9.10. The average Bonchev–Trinajstić information content (AvgIpc) is 2.34.